The van der Waals surface area contributed by atoms with E-state index in [1.807, 2.05) is 103 Å². The van der Waals surface area contributed by atoms with Crippen LogP contribution >= 0.6 is 0 Å². The summed E-state index contributed by atoms with van der Waals surface area (Å²) in [7, 11) is 1.36. The molecule has 9 nitrogen and oxygen atoms in total. The first-order valence-corrected chi connectivity index (χ1v) is 16.8. The van der Waals surface area contributed by atoms with Gasteiger partial charge >= 0.3 is 11.9 Å². The maximum absolute atomic E-state index is 13.1. The van der Waals surface area contributed by atoms with Crippen molar-refractivity contribution >= 4 is 18.1 Å². The summed E-state index contributed by atoms with van der Waals surface area (Å²) in [4.78, 5) is 25.3. The third-order valence-corrected chi connectivity index (χ3v) is 8.70. The van der Waals surface area contributed by atoms with E-state index < -0.39 is 11.9 Å². The standard InChI is InChI=1S/C43H36N4O5/c1-29-14-15-30(2)46(29)35-20-22-37(23-21-35)51-28-38-24-25-40(52-38)42(48)45-44-27-34-26-39(31-10-6-4-7-11-31)47(41(34)32-12-8-5-9-13-32)36-18-16-33(17-19-36)43(49)50-3/h4-27H,28H2,1-3H3,(H,45,48)/b44-27+. The minimum absolute atomic E-state index is 0.112. The number of nitrogens with one attached hydrogen (secondary N) is 1. The quantitative estimate of drug-likeness (QED) is 0.0831. The molecule has 3 aromatic heterocycles. The van der Waals surface area contributed by atoms with E-state index in [2.05, 4.69) is 45.6 Å². The number of hydrogen-bond acceptors (Lipinski definition) is 6. The molecule has 0 fully saturated rings. The number of aromatic nitrogens is 2. The van der Waals surface area contributed by atoms with E-state index in [-0.39, 0.29) is 12.4 Å². The highest BCUT2D eigenvalue weighted by atomic mass is 16.5. The Labute approximate surface area is 301 Å². The number of rotatable bonds is 11. The lowest BCUT2D eigenvalue weighted by molar-refractivity contribution is 0.0600. The Bertz CT molecular complexity index is 2330. The Hall–Kier alpha value is -6.87. The molecule has 1 amide bonds. The van der Waals surface area contributed by atoms with Gasteiger partial charge in [-0.1, -0.05) is 60.7 Å². The number of nitrogens with zero attached hydrogens (tertiary/aromatic N) is 3. The van der Waals surface area contributed by atoms with Crippen LogP contribution in [-0.4, -0.2) is 34.3 Å². The van der Waals surface area contributed by atoms with Crippen LogP contribution in [0.2, 0.25) is 0 Å². The average molecular weight is 689 g/mol. The van der Waals surface area contributed by atoms with Gasteiger partial charge < -0.3 is 23.0 Å². The van der Waals surface area contributed by atoms with Crippen LogP contribution in [0.3, 0.4) is 0 Å². The molecule has 0 aliphatic carbocycles. The van der Waals surface area contributed by atoms with Crippen molar-refractivity contribution in [3.63, 3.8) is 0 Å². The highest BCUT2D eigenvalue weighted by Gasteiger charge is 2.20. The number of methoxy groups -OCH3 is 1. The first-order chi connectivity index (χ1) is 25.4. The molecule has 0 aliphatic rings. The molecule has 4 aromatic carbocycles. The van der Waals surface area contributed by atoms with Gasteiger partial charge in [0, 0.05) is 28.3 Å². The van der Waals surface area contributed by atoms with Gasteiger partial charge in [0.15, 0.2) is 5.76 Å². The zero-order valence-corrected chi connectivity index (χ0v) is 28.9. The van der Waals surface area contributed by atoms with Crippen LogP contribution in [0.1, 0.15) is 43.6 Å². The van der Waals surface area contributed by atoms with Crippen molar-refractivity contribution < 1.29 is 23.5 Å². The van der Waals surface area contributed by atoms with Crippen LogP contribution in [-0.2, 0) is 11.3 Å². The molecule has 0 bridgehead atoms. The van der Waals surface area contributed by atoms with Crippen LogP contribution in [0.5, 0.6) is 5.75 Å². The molecule has 7 rings (SSSR count). The fraction of sp³-hybridized carbons (Fsp3) is 0.0930. The summed E-state index contributed by atoms with van der Waals surface area (Å²) >= 11 is 0. The molecule has 0 saturated heterocycles. The molecule has 9 heteroatoms. The zero-order valence-electron chi connectivity index (χ0n) is 28.9. The first kappa shape index (κ1) is 33.6. The van der Waals surface area contributed by atoms with Crippen molar-refractivity contribution in [3.8, 4) is 39.6 Å². The summed E-state index contributed by atoms with van der Waals surface area (Å²) in [6.07, 6.45) is 1.62. The SMILES string of the molecule is COC(=O)c1ccc(-n2c(-c3ccccc3)cc(/C=N/NC(=O)c3ccc(COc4ccc(-n5c(C)ccc5C)cc4)o3)c2-c2ccccc2)cc1. The normalized spacial score (nSPS) is 11.1. The van der Waals surface area contributed by atoms with Crippen LogP contribution in [0.15, 0.2) is 149 Å². The smallest absolute Gasteiger partial charge is 0.337 e. The number of esters is 1. The van der Waals surface area contributed by atoms with E-state index in [4.69, 9.17) is 13.9 Å². The summed E-state index contributed by atoms with van der Waals surface area (Å²) in [6, 6.07) is 44.5. The molecule has 0 unspecified atom stereocenters. The third-order valence-electron chi connectivity index (χ3n) is 8.70. The lowest BCUT2D eigenvalue weighted by atomic mass is 10.1. The molecule has 0 radical (unpaired) electrons. The predicted octanol–water partition coefficient (Wildman–Crippen LogP) is 8.94. The van der Waals surface area contributed by atoms with Gasteiger partial charge in [0.25, 0.3) is 0 Å². The topological polar surface area (TPSA) is 100.0 Å². The van der Waals surface area contributed by atoms with Gasteiger partial charge in [-0.15, -0.1) is 0 Å². The second kappa shape index (κ2) is 14.9. The summed E-state index contributed by atoms with van der Waals surface area (Å²) < 4.78 is 20.9. The van der Waals surface area contributed by atoms with Crippen molar-refractivity contribution in [3.05, 3.63) is 174 Å². The van der Waals surface area contributed by atoms with Gasteiger partial charge in [0.05, 0.1) is 30.3 Å². The molecule has 0 spiro atoms. The maximum atomic E-state index is 13.1. The number of carbonyl (C=O) groups excluding carboxylic acids is 2. The third kappa shape index (κ3) is 7.06. The molecule has 0 atom stereocenters. The fourth-order valence-electron chi connectivity index (χ4n) is 6.19. The van der Waals surface area contributed by atoms with Crippen LogP contribution in [0, 0.1) is 13.8 Å². The second-order valence-electron chi connectivity index (χ2n) is 12.1. The Balaban J connectivity index is 1.11. The predicted molar refractivity (Wildman–Crippen MR) is 201 cm³/mol. The molecule has 1 N–H and O–H groups in total. The fourth-order valence-corrected chi connectivity index (χ4v) is 6.19. The summed E-state index contributed by atoms with van der Waals surface area (Å²) in [5.74, 6) is 0.403. The number of benzene rings is 4. The van der Waals surface area contributed by atoms with E-state index in [9.17, 15) is 9.59 Å². The van der Waals surface area contributed by atoms with E-state index >= 15 is 0 Å². The number of hydrogen-bond donors (Lipinski definition) is 1. The van der Waals surface area contributed by atoms with E-state index in [1.54, 1.807) is 30.5 Å². The Kier molecular flexibility index (Phi) is 9.66. The number of carbonyl (C=O) groups is 2. The molecular weight excluding hydrogens is 652 g/mol. The average Bonchev–Trinajstić information content (AvgIpc) is 3.91. The highest BCUT2D eigenvalue weighted by molar-refractivity contribution is 5.96. The van der Waals surface area contributed by atoms with Gasteiger partial charge in [-0.3, -0.25) is 4.79 Å². The molecule has 7 aromatic rings. The van der Waals surface area contributed by atoms with Crippen LogP contribution in [0.25, 0.3) is 33.9 Å². The monoisotopic (exact) mass is 688 g/mol. The number of ether oxygens (including phenoxy) is 2. The summed E-state index contributed by atoms with van der Waals surface area (Å²) in [5.41, 5.74) is 11.7. The molecule has 3 heterocycles. The minimum atomic E-state index is -0.494. The summed E-state index contributed by atoms with van der Waals surface area (Å²) in [6.45, 7) is 4.31. The lowest BCUT2D eigenvalue weighted by Crippen LogP contribution is -2.16. The van der Waals surface area contributed by atoms with E-state index in [0.29, 0.717) is 17.1 Å². The van der Waals surface area contributed by atoms with E-state index in [0.717, 1.165) is 50.8 Å². The Morgan fingerprint density at radius 2 is 1.35 bits per heavy atom. The van der Waals surface area contributed by atoms with E-state index in [1.165, 1.54) is 7.11 Å². The van der Waals surface area contributed by atoms with Crippen molar-refractivity contribution in [2.45, 2.75) is 20.5 Å². The van der Waals surface area contributed by atoms with Crippen molar-refractivity contribution in [2.24, 2.45) is 5.10 Å². The first-order valence-electron chi connectivity index (χ1n) is 16.8. The van der Waals surface area contributed by atoms with Crippen LogP contribution in [0.4, 0.5) is 0 Å². The van der Waals surface area contributed by atoms with Gasteiger partial charge in [0.1, 0.15) is 18.1 Å². The number of amides is 1. The zero-order chi connectivity index (χ0) is 36.0. The van der Waals surface area contributed by atoms with Gasteiger partial charge in [-0.25, -0.2) is 10.2 Å². The number of hydrazone groups is 1. The molecule has 0 aliphatic heterocycles. The molecule has 258 valence electrons. The van der Waals surface area contributed by atoms with Crippen molar-refractivity contribution in [1.29, 1.82) is 0 Å². The lowest BCUT2D eigenvalue weighted by Gasteiger charge is -2.15. The van der Waals surface area contributed by atoms with Crippen molar-refractivity contribution in [1.82, 2.24) is 14.6 Å². The van der Waals surface area contributed by atoms with Gasteiger partial charge in [0.2, 0.25) is 0 Å². The molecular formula is C43H36N4O5. The number of furan rings is 1. The Morgan fingerprint density at radius 1 is 0.731 bits per heavy atom. The highest BCUT2D eigenvalue weighted by Crippen LogP contribution is 2.35. The number of aryl methyl sites for hydroxylation is 2. The second-order valence-corrected chi connectivity index (χ2v) is 12.1. The largest absolute Gasteiger partial charge is 0.486 e. The minimum Gasteiger partial charge on any atom is -0.486 e. The Morgan fingerprint density at radius 3 is 2.00 bits per heavy atom. The summed E-state index contributed by atoms with van der Waals surface area (Å²) in [5, 5.41) is 4.35. The molecule has 0 saturated carbocycles. The van der Waals surface area contributed by atoms with Gasteiger partial charge in [-0.05, 0) is 104 Å². The van der Waals surface area contributed by atoms with Crippen molar-refractivity contribution in [2.75, 3.05) is 7.11 Å². The van der Waals surface area contributed by atoms with Gasteiger partial charge in [-0.2, -0.15) is 5.10 Å². The maximum Gasteiger partial charge on any atom is 0.337 e. The van der Waals surface area contributed by atoms with Crippen LogP contribution < -0.4 is 10.2 Å². The molecule has 52 heavy (non-hydrogen) atoms.